The summed E-state index contributed by atoms with van der Waals surface area (Å²) in [7, 11) is 1.72. The summed E-state index contributed by atoms with van der Waals surface area (Å²) in [4.78, 5) is 11.9. The van der Waals surface area contributed by atoms with Gasteiger partial charge in [0.05, 0.1) is 7.05 Å². The fourth-order valence-corrected chi connectivity index (χ4v) is 1.18. The highest BCUT2D eigenvalue weighted by atomic mass is 16.2. The van der Waals surface area contributed by atoms with Crippen molar-refractivity contribution >= 4 is 5.91 Å². The Hall–Kier alpha value is -1.46. The van der Waals surface area contributed by atoms with Crippen molar-refractivity contribution in [2.75, 3.05) is 0 Å². The second-order valence-electron chi connectivity index (χ2n) is 2.87. The van der Waals surface area contributed by atoms with E-state index in [4.69, 9.17) is 0 Å². The summed E-state index contributed by atoms with van der Waals surface area (Å²) in [6, 6.07) is 0.210. The maximum absolute atomic E-state index is 10.5. The summed E-state index contributed by atoms with van der Waals surface area (Å²) < 4.78 is 0. The molecule has 1 saturated heterocycles. The molecule has 1 amide bonds. The number of carbonyl (C=O) groups is 1. The van der Waals surface area contributed by atoms with E-state index in [1.54, 1.807) is 7.05 Å². The van der Waals surface area contributed by atoms with Crippen LogP contribution in [0.25, 0.3) is 0 Å². The lowest BCUT2D eigenvalue weighted by atomic mass is 10.0. The minimum atomic E-state index is 0.101. The quantitative estimate of drug-likeness (QED) is 0.552. The average molecular weight is 167 g/mol. The van der Waals surface area contributed by atoms with Crippen molar-refractivity contribution in [3.8, 4) is 0 Å². The van der Waals surface area contributed by atoms with Gasteiger partial charge >= 0.3 is 0 Å². The highest BCUT2D eigenvalue weighted by Gasteiger charge is 2.26. The first-order valence-corrected chi connectivity index (χ1v) is 3.76. The molecule has 6 nitrogen and oxygen atoms in total. The molecule has 1 atom stereocenters. The minimum absolute atomic E-state index is 0.101. The first kappa shape index (κ1) is 7.20. The lowest BCUT2D eigenvalue weighted by molar-refractivity contribution is -0.128. The van der Waals surface area contributed by atoms with Crippen molar-refractivity contribution in [1.29, 1.82) is 0 Å². The lowest BCUT2D eigenvalue weighted by Gasteiger charge is -2.25. The van der Waals surface area contributed by atoms with Gasteiger partial charge in [0.25, 0.3) is 0 Å². The summed E-state index contributed by atoms with van der Waals surface area (Å²) in [5.74, 6) is 0.784. The Morgan fingerprint density at radius 1 is 1.75 bits per heavy atom. The van der Waals surface area contributed by atoms with Crippen LogP contribution in [0.1, 0.15) is 12.2 Å². The number of tetrazole rings is 1. The molecule has 0 aromatic carbocycles. The SMILES string of the molecule is Cn1nnc(C[C@H]2CC(=O)N2)n1. The Kier molecular flexibility index (Phi) is 1.53. The van der Waals surface area contributed by atoms with Crippen molar-refractivity contribution in [2.45, 2.75) is 18.9 Å². The predicted octanol–water partition coefficient (Wildman–Crippen LogP) is -1.36. The molecule has 1 aromatic heterocycles. The molecule has 0 spiro atoms. The van der Waals surface area contributed by atoms with E-state index < -0.39 is 0 Å². The number of hydrogen-bond donors (Lipinski definition) is 1. The number of β-lactam (4-membered cyclic amide) rings is 1. The van der Waals surface area contributed by atoms with Gasteiger partial charge in [-0.25, -0.2) is 0 Å². The molecule has 0 unspecified atom stereocenters. The van der Waals surface area contributed by atoms with Crippen molar-refractivity contribution in [3.63, 3.8) is 0 Å². The molecular weight excluding hydrogens is 158 g/mol. The number of rotatable bonds is 2. The van der Waals surface area contributed by atoms with Gasteiger partial charge in [0.15, 0.2) is 5.82 Å². The van der Waals surface area contributed by atoms with Crippen LogP contribution in [0, 0.1) is 0 Å². The lowest BCUT2D eigenvalue weighted by Crippen LogP contribution is -2.49. The summed E-state index contributed by atoms with van der Waals surface area (Å²) in [6.07, 6.45) is 1.26. The number of nitrogens with one attached hydrogen (secondary N) is 1. The second kappa shape index (κ2) is 2.54. The van der Waals surface area contributed by atoms with E-state index >= 15 is 0 Å². The van der Waals surface area contributed by atoms with Gasteiger partial charge in [0, 0.05) is 18.9 Å². The second-order valence-corrected chi connectivity index (χ2v) is 2.87. The van der Waals surface area contributed by atoms with Crippen LogP contribution >= 0.6 is 0 Å². The van der Waals surface area contributed by atoms with Crippen LogP contribution < -0.4 is 5.32 Å². The molecule has 0 radical (unpaired) electrons. The molecule has 2 heterocycles. The van der Waals surface area contributed by atoms with Crippen LogP contribution in [0.5, 0.6) is 0 Å². The average Bonchev–Trinajstić information content (AvgIpc) is 2.33. The van der Waals surface area contributed by atoms with Gasteiger partial charge in [-0.05, 0) is 5.21 Å². The first-order chi connectivity index (χ1) is 5.74. The van der Waals surface area contributed by atoms with Gasteiger partial charge in [-0.15, -0.1) is 10.2 Å². The van der Waals surface area contributed by atoms with Gasteiger partial charge in [-0.3, -0.25) is 4.79 Å². The number of amides is 1. The molecule has 1 aliphatic rings. The molecule has 0 saturated carbocycles. The van der Waals surface area contributed by atoms with Gasteiger partial charge in [0.2, 0.25) is 5.91 Å². The van der Waals surface area contributed by atoms with Crippen molar-refractivity contribution < 1.29 is 4.79 Å². The number of carbonyl (C=O) groups excluding carboxylic acids is 1. The molecule has 0 aliphatic carbocycles. The normalized spacial score (nSPS) is 21.8. The molecule has 1 fully saturated rings. The third kappa shape index (κ3) is 1.27. The molecule has 1 aliphatic heterocycles. The monoisotopic (exact) mass is 167 g/mol. The summed E-state index contributed by atoms with van der Waals surface area (Å²) in [5.41, 5.74) is 0. The van der Waals surface area contributed by atoms with E-state index in [-0.39, 0.29) is 11.9 Å². The Balaban J connectivity index is 1.92. The molecule has 0 bridgehead atoms. The first-order valence-electron chi connectivity index (χ1n) is 3.76. The van der Waals surface area contributed by atoms with E-state index in [1.807, 2.05) is 0 Å². The van der Waals surface area contributed by atoms with Crippen LogP contribution in [0.2, 0.25) is 0 Å². The number of aromatic nitrogens is 4. The van der Waals surface area contributed by atoms with E-state index in [0.717, 1.165) is 0 Å². The third-order valence-electron chi connectivity index (χ3n) is 1.78. The van der Waals surface area contributed by atoms with Gasteiger partial charge in [-0.2, -0.15) is 4.80 Å². The van der Waals surface area contributed by atoms with Crippen LogP contribution in [0.3, 0.4) is 0 Å². The van der Waals surface area contributed by atoms with E-state index in [0.29, 0.717) is 18.7 Å². The van der Waals surface area contributed by atoms with Gasteiger partial charge in [0.1, 0.15) is 0 Å². The van der Waals surface area contributed by atoms with E-state index in [1.165, 1.54) is 4.80 Å². The fourth-order valence-electron chi connectivity index (χ4n) is 1.18. The minimum Gasteiger partial charge on any atom is -0.352 e. The molecule has 1 aromatic rings. The van der Waals surface area contributed by atoms with Gasteiger partial charge in [-0.1, -0.05) is 0 Å². The van der Waals surface area contributed by atoms with Crippen LogP contribution in [-0.2, 0) is 18.3 Å². The Morgan fingerprint density at radius 2 is 2.50 bits per heavy atom. The molecule has 2 rings (SSSR count). The zero-order chi connectivity index (χ0) is 8.55. The van der Waals surface area contributed by atoms with Crippen molar-refractivity contribution in [2.24, 2.45) is 7.05 Å². The van der Waals surface area contributed by atoms with E-state index in [2.05, 4.69) is 20.7 Å². The zero-order valence-corrected chi connectivity index (χ0v) is 6.69. The summed E-state index contributed by atoms with van der Waals surface area (Å²) in [6.45, 7) is 0. The molecule has 1 N–H and O–H groups in total. The molecular formula is C6H9N5O. The standard InChI is InChI=1S/C6H9N5O/c1-11-9-5(8-10-11)2-4-3-6(12)7-4/h4H,2-3H2,1H3,(H,7,12)/t4-/m0/s1. The summed E-state index contributed by atoms with van der Waals surface area (Å²) in [5, 5.41) is 14.2. The molecule has 12 heavy (non-hydrogen) atoms. The smallest absolute Gasteiger partial charge is 0.222 e. The van der Waals surface area contributed by atoms with Crippen molar-refractivity contribution in [3.05, 3.63) is 5.82 Å². The predicted molar refractivity (Wildman–Crippen MR) is 39.0 cm³/mol. The zero-order valence-electron chi connectivity index (χ0n) is 6.69. The van der Waals surface area contributed by atoms with Crippen LogP contribution in [0.4, 0.5) is 0 Å². The Bertz CT molecular complexity index is 299. The maximum atomic E-state index is 10.5. The van der Waals surface area contributed by atoms with Crippen LogP contribution in [-0.4, -0.2) is 32.2 Å². The van der Waals surface area contributed by atoms with Crippen LogP contribution in [0.15, 0.2) is 0 Å². The molecule has 6 heteroatoms. The van der Waals surface area contributed by atoms with E-state index in [9.17, 15) is 4.79 Å². The maximum Gasteiger partial charge on any atom is 0.222 e. The largest absolute Gasteiger partial charge is 0.352 e. The highest BCUT2D eigenvalue weighted by molar-refractivity contribution is 5.82. The fraction of sp³-hybridized carbons (Fsp3) is 0.667. The van der Waals surface area contributed by atoms with Gasteiger partial charge < -0.3 is 5.32 Å². The summed E-state index contributed by atoms with van der Waals surface area (Å²) >= 11 is 0. The topological polar surface area (TPSA) is 72.7 Å². The van der Waals surface area contributed by atoms with Crippen molar-refractivity contribution in [1.82, 2.24) is 25.5 Å². The number of hydrogen-bond acceptors (Lipinski definition) is 4. The Labute approximate surface area is 68.9 Å². The number of nitrogens with zero attached hydrogens (tertiary/aromatic N) is 4. The third-order valence-corrected chi connectivity index (χ3v) is 1.78. The Morgan fingerprint density at radius 3 is 3.00 bits per heavy atom. The highest BCUT2D eigenvalue weighted by Crippen LogP contribution is 2.07. The molecule has 64 valence electrons. The number of aryl methyl sites for hydroxylation is 1.